The van der Waals surface area contributed by atoms with E-state index in [1.807, 2.05) is 0 Å². The van der Waals surface area contributed by atoms with Crippen LogP contribution in [-0.2, 0) is 26.6 Å². The van der Waals surface area contributed by atoms with Crippen LogP contribution in [0, 0.1) is 0 Å². The fourth-order valence-electron chi connectivity index (χ4n) is 1.68. The van der Waals surface area contributed by atoms with Gasteiger partial charge in [-0.1, -0.05) is 12.1 Å². The van der Waals surface area contributed by atoms with Gasteiger partial charge >= 0.3 is 0 Å². The van der Waals surface area contributed by atoms with E-state index >= 15 is 0 Å². The van der Waals surface area contributed by atoms with Crippen LogP contribution < -0.4 is 4.72 Å². The van der Waals surface area contributed by atoms with Gasteiger partial charge in [-0.3, -0.25) is 0 Å². The lowest BCUT2D eigenvalue weighted by Gasteiger charge is -2.09. The van der Waals surface area contributed by atoms with Crippen molar-refractivity contribution >= 4 is 47.3 Å². The molecule has 1 aromatic carbocycles. The molecule has 2 rings (SSSR count). The van der Waals surface area contributed by atoms with E-state index < -0.39 is 20.0 Å². The third-order valence-electron chi connectivity index (χ3n) is 2.93. The molecule has 0 spiro atoms. The van der Waals surface area contributed by atoms with E-state index in [9.17, 15) is 16.8 Å². The van der Waals surface area contributed by atoms with Crippen LogP contribution in [0.1, 0.15) is 4.88 Å². The number of benzene rings is 1. The summed E-state index contributed by atoms with van der Waals surface area (Å²) in [6.45, 7) is 0.0251. The summed E-state index contributed by atoms with van der Waals surface area (Å²) in [5.41, 5.74) is 0. The average molecular weight is 439 g/mol. The first-order chi connectivity index (χ1) is 10.6. The molecule has 0 bridgehead atoms. The van der Waals surface area contributed by atoms with Crippen LogP contribution in [0.2, 0.25) is 0 Å². The summed E-state index contributed by atoms with van der Waals surface area (Å²) < 4.78 is 52.8. The molecular formula is C13H15BrN2O4S3. The van der Waals surface area contributed by atoms with Crippen molar-refractivity contribution in [1.29, 1.82) is 0 Å². The van der Waals surface area contributed by atoms with Crippen LogP contribution >= 0.6 is 27.3 Å². The molecule has 0 fully saturated rings. The van der Waals surface area contributed by atoms with Crippen molar-refractivity contribution in [2.45, 2.75) is 15.6 Å². The fraction of sp³-hybridized carbons (Fsp3) is 0.231. The Morgan fingerprint density at radius 2 is 1.74 bits per heavy atom. The molecule has 1 heterocycles. The molecule has 0 saturated heterocycles. The Morgan fingerprint density at radius 3 is 2.35 bits per heavy atom. The standard InChI is InChI=1S/C13H15BrN2O4S3/c1-16(2)23(19,20)13-8-7-10(21-13)9-15-22(17,18)12-6-4-3-5-11(12)14/h3-8,15H,9H2,1-2H3. The minimum absolute atomic E-state index is 0.0251. The zero-order valence-electron chi connectivity index (χ0n) is 12.4. The second-order valence-electron chi connectivity index (χ2n) is 4.76. The van der Waals surface area contributed by atoms with E-state index in [4.69, 9.17) is 0 Å². The number of hydrogen-bond donors (Lipinski definition) is 1. The van der Waals surface area contributed by atoms with Crippen molar-refractivity contribution in [2.75, 3.05) is 14.1 Å². The van der Waals surface area contributed by atoms with Gasteiger partial charge < -0.3 is 0 Å². The van der Waals surface area contributed by atoms with Gasteiger partial charge in [-0.2, -0.15) is 0 Å². The first-order valence-electron chi connectivity index (χ1n) is 6.40. The van der Waals surface area contributed by atoms with Gasteiger partial charge in [0.1, 0.15) is 4.21 Å². The maximum Gasteiger partial charge on any atom is 0.252 e. The molecule has 0 saturated carbocycles. The van der Waals surface area contributed by atoms with Gasteiger partial charge in [-0.05, 0) is 40.2 Å². The highest BCUT2D eigenvalue weighted by Gasteiger charge is 2.21. The third-order valence-corrected chi connectivity index (χ3v) is 8.72. The molecule has 126 valence electrons. The summed E-state index contributed by atoms with van der Waals surface area (Å²) in [6.07, 6.45) is 0. The van der Waals surface area contributed by atoms with Gasteiger partial charge in [0, 0.05) is 30.0 Å². The monoisotopic (exact) mass is 438 g/mol. The molecule has 2 aromatic rings. The molecule has 0 aliphatic rings. The highest BCUT2D eigenvalue weighted by molar-refractivity contribution is 9.10. The first-order valence-corrected chi connectivity index (χ1v) is 10.9. The third kappa shape index (κ3) is 4.20. The van der Waals surface area contributed by atoms with Crippen LogP contribution in [0.25, 0.3) is 0 Å². The van der Waals surface area contributed by atoms with E-state index in [1.54, 1.807) is 24.3 Å². The van der Waals surface area contributed by atoms with E-state index in [0.717, 1.165) is 15.6 Å². The number of halogens is 1. The average Bonchev–Trinajstić information content (AvgIpc) is 2.95. The molecule has 1 aromatic heterocycles. The molecule has 0 amide bonds. The molecule has 0 aliphatic carbocycles. The number of nitrogens with one attached hydrogen (secondary N) is 1. The SMILES string of the molecule is CN(C)S(=O)(=O)c1ccc(CNS(=O)(=O)c2ccccc2Br)s1. The lowest BCUT2D eigenvalue weighted by Crippen LogP contribution is -2.23. The summed E-state index contributed by atoms with van der Waals surface area (Å²) in [7, 11) is -4.29. The molecular weight excluding hydrogens is 424 g/mol. The second-order valence-corrected chi connectivity index (χ2v) is 10.9. The zero-order valence-corrected chi connectivity index (χ0v) is 16.4. The Morgan fingerprint density at radius 1 is 1.09 bits per heavy atom. The maximum absolute atomic E-state index is 12.3. The summed E-state index contributed by atoms with van der Waals surface area (Å²) in [5, 5.41) is 0. The molecule has 0 unspecified atom stereocenters. The van der Waals surface area contributed by atoms with Crippen molar-refractivity contribution < 1.29 is 16.8 Å². The highest BCUT2D eigenvalue weighted by Crippen LogP contribution is 2.25. The molecule has 0 radical (unpaired) electrons. The van der Waals surface area contributed by atoms with E-state index in [-0.39, 0.29) is 15.6 Å². The fourth-order valence-corrected chi connectivity index (χ4v) is 6.24. The quantitative estimate of drug-likeness (QED) is 0.749. The normalized spacial score (nSPS) is 12.7. The molecule has 1 N–H and O–H groups in total. The van der Waals surface area contributed by atoms with Crippen molar-refractivity contribution in [3.05, 3.63) is 45.7 Å². The predicted octanol–water partition coefficient (Wildman–Crippen LogP) is 2.24. The molecule has 10 heteroatoms. The Bertz CT molecular complexity index is 905. The highest BCUT2D eigenvalue weighted by atomic mass is 79.9. The Balaban J connectivity index is 2.16. The summed E-state index contributed by atoms with van der Waals surface area (Å²) >= 11 is 4.24. The summed E-state index contributed by atoms with van der Waals surface area (Å²) in [6, 6.07) is 9.56. The largest absolute Gasteiger partial charge is 0.252 e. The minimum atomic E-state index is -3.68. The van der Waals surface area contributed by atoms with Crippen molar-refractivity contribution in [2.24, 2.45) is 0 Å². The number of sulfonamides is 2. The summed E-state index contributed by atoms with van der Waals surface area (Å²) in [5.74, 6) is 0. The van der Waals surface area contributed by atoms with Crippen LogP contribution in [0.3, 0.4) is 0 Å². The predicted molar refractivity (Wildman–Crippen MR) is 93.4 cm³/mol. The maximum atomic E-state index is 12.3. The lowest BCUT2D eigenvalue weighted by atomic mass is 10.4. The van der Waals surface area contributed by atoms with Crippen molar-refractivity contribution in [3.8, 4) is 0 Å². The van der Waals surface area contributed by atoms with Crippen LogP contribution in [0.15, 0.2) is 50.0 Å². The number of hydrogen-bond acceptors (Lipinski definition) is 5. The molecule has 23 heavy (non-hydrogen) atoms. The number of nitrogens with zero attached hydrogens (tertiary/aromatic N) is 1. The zero-order chi connectivity index (χ0) is 17.3. The second kappa shape index (κ2) is 6.99. The Labute approximate surface area is 148 Å². The van der Waals surface area contributed by atoms with Crippen LogP contribution in [-0.4, -0.2) is 35.2 Å². The Kier molecular flexibility index (Phi) is 5.64. The minimum Gasteiger partial charge on any atom is -0.207 e. The van der Waals surface area contributed by atoms with Gasteiger partial charge in [0.05, 0.1) is 4.90 Å². The molecule has 0 atom stereocenters. The number of thiophene rings is 1. The van der Waals surface area contributed by atoms with Crippen LogP contribution in [0.4, 0.5) is 0 Å². The van der Waals surface area contributed by atoms with Crippen molar-refractivity contribution in [1.82, 2.24) is 9.03 Å². The van der Waals surface area contributed by atoms with Gasteiger partial charge in [-0.25, -0.2) is 25.9 Å². The van der Waals surface area contributed by atoms with Crippen molar-refractivity contribution in [3.63, 3.8) is 0 Å². The molecule has 6 nitrogen and oxygen atoms in total. The van der Waals surface area contributed by atoms with Gasteiger partial charge in [0.15, 0.2) is 0 Å². The summed E-state index contributed by atoms with van der Waals surface area (Å²) in [4.78, 5) is 0.749. The van der Waals surface area contributed by atoms with E-state index in [0.29, 0.717) is 9.35 Å². The Hall–Kier alpha value is -0.780. The van der Waals surface area contributed by atoms with E-state index in [2.05, 4.69) is 20.7 Å². The number of rotatable bonds is 6. The van der Waals surface area contributed by atoms with Gasteiger partial charge in [0.25, 0.3) is 10.0 Å². The van der Waals surface area contributed by atoms with Gasteiger partial charge in [0.2, 0.25) is 10.0 Å². The lowest BCUT2D eigenvalue weighted by molar-refractivity contribution is 0.523. The topological polar surface area (TPSA) is 83.6 Å². The van der Waals surface area contributed by atoms with Crippen LogP contribution in [0.5, 0.6) is 0 Å². The van der Waals surface area contributed by atoms with E-state index in [1.165, 1.54) is 26.2 Å². The molecule has 0 aliphatic heterocycles. The van der Waals surface area contributed by atoms with Gasteiger partial charge in [-0.15, -0.1) is 11.3 Å². The smallest absolute Gasteiger partial charge is 0.207 e. The first kappa shape index (κ1) is 18.6.